The number of carbonyl (C=O) groups is 1. The zero-order valence-electron chi connectivity index (χ0n) is 11.7. The Labute approximate surface area is 110 Å². The summed E-state index contributed by atoms with van der Waals surface area (Å²) in [6.07, 6.45) is 7.06. The summed E-state index contributed by atoms with van der Waals surface area (Å²) in [7, 11) is 0. The molecule has 18 heavy (non-hydrogen) atoms. The van der Waals surface area contributed by atoms with E-state index in [-0.39, 0.29) is 18.1 Å². The summed E-state index contributed by atoms with van der Waals surface area (Å²) in [6, 6.07) is 0.0298. The maximum Gasteiger partial charge on any atom is 0.241 e. The van der Waals surface area contributed by atoms with Crippen molar-refractivity contribution in [3.63, 3.8) is 0 Å². The van der Waals surface area contributed by atoms with Gasteiger partial charge in [0.2, 0.25) is 5.91 Å². The van der Waals surface area contributed by atoms with E-state index in [2.05, 4.69) is 19.2 Å². The molecule has 1 amide bonds. The lowest BCUT2D eigenvalue weighted by Gasteiger charge is -2.27. The van der Waals surface area contributed by atoms with Gasteiger partial charge < -0.3 is 9.64 Å². The van der Waals surface area contributed by atoms with Crippen LogP contribution in [0.2, 0.25) is 0 Å². The van der Waals surface area contributed by atoms with Crippen LogP contribution in [0, 0.1) is 0 Å². The third-order valence-electron chi connectivity index (χ3n) is 4.11. The van der Waals surface area contributed by atoms with E-state index in [1.165, 1.54) is 12.8 Å². The van der Waals surface area contributed by atoms with E-state index in [0.717, 1.165) is 38.8 Å². The van der Waals surface area contributed by atoms with Gasteiger partial charge in [0.15, 0.2) is 0 Å². The van der Waals surface area contributed by atoms with Crippen LogP contribution < -0.4 is 5.32 Å². The van der Waals surface area contributed by atoms with E-state index in [4.69, 9.17) is 4.74 Å². The van der Waals surface area contributed by atoms with Crippen molar-refractivity contribution in [1.82, 2.24) is 10.2 Å². The fraction of sp³-hybridized carbons (Fsp3) is 0.929. The quantitative estimate of drug-likeness (QED) is 0.814. The highest BCUT2D eigenvalue weighted by atomic mass is 16.5. The number of nitrogens with zero attached hydrogens (tertiary/aromatic N) is 1. The molecular formula is C14H26N2O2. The van der Waals surface area contributed by atoms with Crippen LogP contribution in [0.4, 0.5) is 0 Å². The molecule has 2 aliphatic heterocycles. The number of amides is 1. The monoisotopic (exact) mass is 254 g/mol. The molecule has 104 valence electrons. The Bertz CT molecular complexity index is 277. The zero-order chi connectivity index (χ0) is 13.0. The Morgan fingerprint density at radius 2 is 2.17 bits per heavy atom. The van der Waals surface area contributed by atoms with Crippen LogP contribution in [0.25, 0.3) is 0 Å². The van der Waals surface area contributed by atoms with Gasteiger partial charge in [-0.25, -0.2) is 0 Å². The lowest BCUT2D eigenvalue weighted by atomic mass is 10.1. The minimum absolute atomic E-state index is 0.0298. The van der Waals surface area contributed by atoms with E-state index >= 15 is 0 Å². The minimum atomic E-state index is 0.0298. The summed E-state index contributed by atoms with van der Waals surface area (Å²) in [5, 5.41) is 3.41. The van der Waals surface area contributed by atoms with Crippen molar-refractivity contribution in [3.05, 3.63) is 0 Å². The van der Waals surface area contributed by atoms with Crippen molar-refractivity contribution in [2.24, 2.45) is 0 Å². The highest BCUT2D eigenvalue weighted by molar-refractivity contribution is 5.84. The van der Waals surface area contributed by atoms with Crippen molar-refractivity contribution in [3.8, 4) is 0 Å². The molecule has 1 N–H and O–H groups in total. The van der Waals surface area contributed by atoms with E-state index < -0.39 is 0 Å². The molecule has 0 bridgehead atoms. The van der Waals surface area contributed by atoms with Crippen molar-refractivity contribution in [2.75, 3.05) is 13.2 Å². The number of rotatable bonds is 5. The Morgan fingerprint density at radius 1 is 1.33 bits per heavy atom. The van der Waals surface area contributed by atoms with Crippen LogP contribution in [0.15, 0.2) is 0 Å². The first kappa shape index (κ1) is 13.8. The molecule has 0 aromatic heterocycles. The van der Waals surface area contributed by atoms with E-state index in [1.807, 2.05) is 4.90 Å². The average Bonchev–Trinajstić information content (AvgIpc) is 2.73. The molecule has 2 fully saturated rings. The SMILES string of the molecule is CCC1NC(CC)N(CCC2CCCCO2)C1=O. The first-order valence-electron chi connectivity index (χ1n) is 7.44. The molecule has 2 heterocycles. The molecule has 0 radical (unpaired) electrons. The van der Waals surface area contributed by atoms with Gasteiger partial charge in [-0.3, -0.25) is 10.1 Å². The topological polar surface area (TPSA) is 41.6 Å². The number of ether oxygens (including phenoxy) is 1. The standard InChI is InChI=1S/C14H26N2O2/c1-3-12-14(17)16(13(4-2)15-12)9-8-11-7-5-6-10-18-11/h11-13,15H,3-10H2,1-2H3. The van der Waals surface area contributed by atoms with Crippen LogP contribution in [-0.2, 0) is 9.53 Å². The summed E-state index contributed by atoms with van der Waals surface area (Å²) in [5.74, 6) is 0.278. The predicted molar refractivity (Wildman–Crippen MR) is 71.2 cm³/mol. The Hall–Kier alpha value is -0.610. The van der Waals surface area contributed by atoms with Gasteiger partial charge in [-0.05, 0) is 38.5 Å². The third-order valence-corrected chi connectivity index (χ3v) is 4.11. The normalized spacial score (nSPS) is 33.1. The summed E-state index contributed by atoms with van der Waals surface area (Å²) in [6.45, 7) is 5.93. The molecule has 2 rings (SSSR count). The minimum Gasteiger partial charge on any atom is -0.378 e. The van der Waals surface area contributed by atoms with Crippen LogP contribution >= 0.6 is 0 Å². The summed E-state index contributed by atoms with van der Waals surface area (Å²) < 4.78 is 5.74. The highest BCUT2D eigenvalue weighted by Crippen LogP contribution is 2.20. The molecule has 2 aliphatic rings. The van der Waals surface area contributed by atoms with Gasteiger partial charge in [-0.2, -0.15) is 0 Å². The number of nitrogens with one attached hydrogen (secondary N) is 1. The number of hydrogen-bond donors (Lipinski definition) is 1. The molecule has 3 atom stereocenters. The van der Waals surface area contributed by atoms with Gasteiger partial charge >= 0.3 is 0 Å². The van der Waals surface area contributed by atoms with Crippen LogP contribution in [-0.4, -0.2) is 42.3 Å². The van der Waals surface area contributed by atoms with E-state index in [1.54, 1.807) is 0 Å². The second kappa shape index (κ2) is 6.53. The van der Waals surface area contributed by atoms with Gasteiger partial charge in [0.05, 0.1) is 18.3 Å². The fourth-order valence-corrected chi connectivity index (χ4v) is 2.96. The van der Waals surface area contributed by atoms with E-state index in [0.29, 0.717) is 6.10 Å². The Morgan fingerprint density at radius 3 is 2.78 bits per heavy atom. The molecule has 4 heteroatoms. The summed E-state index contributed by atoms with van der Waals surface area (Å²) in [5.41, 5.74) is 0. The largest absolute Gasteiger partial charge is 0.378 e. The first-order chi connectivity index (χ1) is 8.76. The van der Waals surface area contributed by atoms with Gasteiger partial charge in [-0.15, -0.1) is 0 Å². The molecule has 0 aromatic carbocycles. The third kappa shape index (κ3) is 3.04. The van der Waals surface area contributed by atoms with Gasteiger partial charge in [-0.1, -0.05) is 13.8 Å². The molecule has 3 unspecified atom stereocenters. The predicted octanol–water partition coefficient (Wildman–Crippen LogP) is 1.89. The molecule has 4 nitrogen and oxygen atoms in total. The van der Waals surface area contributed by atoms with E-state index in [9.17, 15) is 4.79 Å². The molecule has 0 aliphatic carbocycles. The Balaban J connectivity index is 1.84. The molecule has 0 spiro atoms. The molecular weight excluding hydrogens is 228 g/mol. The Kier molecular flexibility index (Phi) is 5.01. The smallest absolute Gasteiger partial charge is 0.241 e. The first-order valence-corrected chi connectivity index (χ1v) is 7.44. The van der Waals surface area contributed by atoms with Crippen molar-refractivity contribution >= 4 is 5.91 Å². The van der Waals surface area contributed by atoms with Crippen molar-refractivity contribution in [1.29, 1.82) is 0 Å². The lowest BCUT2D eigenvalue weighted by molar-refractivity contribution is -0.130. The number of carbonyl (C=O) groups excluding carboxylic acids is 1. The highest BCUT2D eigenvalue weighted by Gasteiger charge is 2.36. The van der Waals surface area contributed by atoms with Crippen molar-refractivity contribution in [2.45, 2.75) is 70.7 Å². The van der Waals surface area contributed by atoms with Crippen LogP contribution in [0.3, 0.4) is 0 Å². The maximum absolute atomic E-state index is 12.2. The summed E-state index contributed by atoms with van der Waals surface area (Å²) >= 11 is 0. The maximum atomic E-state index is 12.2. The molecule has 0 saturated carbocycles. The van der Waals surface area contributed by atoms with Gasteiger partial charge in [0.25, 0.3) is 0 Å². The zero-order valence-corrected chi connectivity index (χ0v) is 11.7. The van der Waals surface area contributed by atoms with Gasteiger partial charge in [0.1, 0.15) is 0 Å². The molecule has 2 saturated heterocycles. The van der Waals surface area contributed by atoms with Gasteiger partial charge in [0, 0.05) is 13.2 Å². The summed E-state index contributed by atoms with van der Waals surface area (Å²) in [4.78, 5) is 14.2. The lowest BCUT2D eigenvalue weighted by Crippen LogP contribution is -2.39. The van der Waals surface area contributed by atoms with Crippen LogP contribution in [0.1, 0.15) is 52.4 Å². The number of hydrogen-bond acceptors (Lipinski definition) is 3. The fourth-order valence-electron chi connectivity index (χ4n) is 2.96. The van der Waals surface area contributed by atoms with Crippen molar-refractivity contribution < 1.29 is 9.53 Å². The molecule has 0 aromatic rings. The average molecular weight is 254 g/mol. The van der Waals surface area contributed by atoms with Crippen LogP contribution in [0.5, 0.6) is 0 Å². The second-order valence-electron chi connectivity index (χ2n) is 5.36. The second-order valence-corrected chi connectivity index (χ2v) is 5.36.